The number of imidazole rings is 1. The molecule has 2 heterocycles. The van der Waals surface area contributed by atoms with Crippen LogP contribution >= 0.6 is 0 Å². The van der Waals surface area contributed by atoms with Crippen molar-refractivity contribution in [1.29, 1.82) is 0 Å². The predicted molar refractivity (Wildman–Crippen MR) is 116 cm³/mol. The Kier molecular flexibility index (Phi) is 5.84. The Labute approximate surface area is 187 Å². The Morgan fingerprint density at radius 3 is 2.36 bits per heavy atom. The van der Waals surface area contributed by atoms with Gasteiger partial charge in [-0.25, -0.2) is 4.98 Å². The second-order valence-electron chi connectivity index (χ2n) is 7.52. The highest BCUT2D eigenvalue weighted by atomic mass is 19.4. The van der Waals surface area contributed by atoms with Gasteiger partial charge in [-0.3, -0.25) is 14.5 Å². The molecule has 0 saturated heterocycles. The van der Waals surface area contributed by atoms with Gasteiger partial charge in [0.15, 0.2) is 5.78 Å². The zero-order valence-electron chi connectivity index (χ0n) is 18.2. The molecular formula is C23H21F3N4O3. The Balaban J connectivity index is 1.74. The van der Waals surface area contributed by atoms with Crippen molar-refractivity contribution >= 4 is 16.8 Å². The van der Waals surface area contributed by atoms with Crippen LogP contribution in [0.5, 0.6) is 11.5 Å². The summed E-state index contributed by atoms with van der Waals surface area (Å²) in [4.78, 5) is 17.0. The van der Waals surface area contributed by atoms with Crippen molar-refractivity contribution in [3.05, 3.63) is 54.0 Å². The van der Waals surface area contributed by atoms with Gasteiger partial charge in [0.2, 0.25) is 0 Å². The van der Waals surface area contributed by atoms with E-state index in [2.05, 4.69) is 15.2 Å². The van der Waals surface area contributed by atoms with E-state index in [1.165, 1.54) is 14.2 Å². The van der Waals surface area contributed by atoms with Crippen LogP contribution in [0.3, 0.4) is 0 Å². The molecule has 2 aromatic heterocycles. The monoisotopic (exact) mass is 458 g/mol. The number of aromatic amines is 1. The average molecular weight is 458 g/mol. The van der Waals surface area contributed by atoms with Gasteiger partial charge in [0.05, 0.1) is 43.1 Å². The van der Waals surface area contributed by atoms with Crippen LogP contribution in [0.25, 0.3) is 28.0 Å². The largest absolute Gasteiger partial charge is 0.496 e. The summed E-state index contributed by atoms with van der Waals surface area (Å²) in [5.41, 5.74) is 4.71. The Morgan fingerprint density at radius 1 is 1.09 bits per heavy atom. The maximum absolute atomic E-state index is 12.6. The second kappa shape index (κ2) is 8.61. The first-order chi connectivity index (χ1) is 15.7. The fourth-order valence-electron chi connectivity index (χ4n) is 3.64. The quantitative estimate of drug-likeness (QED) is 0.382. The second-order valence-corrected chi connectivity index (χ2v) is 7.52. The van der Waals surface area contributed by atoms with Crippen molar-refractivity contribution in [3.8, 4) is 28.4 Å². The number of fused-ring (bicyclic) bond motifs is 1. The number of hydrogen-bond donors (Lipinski definition) is 1. The molecule has 0 bridgehead atoms. The number of benzene rings is 2. The minimum absolute atomic E-state index is 0.0198. The van der Waals surface area contributed by atoms with Gasteiger partial charge in [-0.05, 0) is 25.1 Å². The number of ether oxygens (including phenoxy) is 2. The topological polar surface area (TPSA) is 82.0 Å². The van der Waals surface area contributed by atoms with Gasteiger partial charge in [-0.15, -0.1) is 0 Å². The fourth-order valence-corrected chi connectivity index (χ4v) is 3.64. The van der Waals surface area contributed by atoms with E-state index in [-0.39, 0.29) is 17.1 Å². The van der Waals surface area contributed by atoms with Crippen molar-refractivity contribution in [1.82, 2.24) is 19.7 Å². The van der Waals surface area contributed by atoms with Gasteiger partial charge in [0.25, 0.3) is 0 Å². The molecule has 7 nitrogen and oxygen atoms in total. The van der Waals surface area contributed by atoms with E-state index >= 15 is 0 Å². The van der Waals surface area contributed by atoms with E-state index in [9.17, 15) is 18.0 Å². The number of nitrogens with zero attached hydrogens (tertiary/aromatic N) is 3. The fraction of sp³-hybridized carbons (Fsp3) is 0.261. The first kappa shape index (κ1) is 22.4. The molecule has 0 fully saturated rings. The van der Waals surface area contributed by atoms with Gasteiger partial charge in [0, 0.05) is 29.8 Å². The van der Waals surface area contributed by atoms with Gasteiger partial charge in [0.1, 0.15) is 23.4 Å². The average Bonchev–Trinajstić information content (AvgIpc) is 3.41. The number of carbonyl (C=O) groups excluding carboxylic acids is 1. The molecule has 0 atom stereocenters. The summed E-state index contributed by atoms with van der Waals surface area (Å²) in [6.07, 6.45) is -4.73. The van der Waals surface area contributed by atoms with Gasteiger partial charge in [-0.1, -0.05) is 6.07 Å². The van der Waals surface area contributed by atoms with Crippen LogP contribution in [0.4, 0.5) is 13.2 Å². The molecule has 0 spiro atoms. The Morgan fingerprint density at radius 2 is 1.79 bits per heavy atom. The van der Waals surface area contributed by atoms with Crippen LogP contribution in [0.1, 0.15) is 28.9 Å². The van der Waals surface area contributed by atoms with E-state index < -0.39 is 24.8 Å². The van der Waals surface area contributed by atoms with Gasteiger partial charge >= 0.3 is 6.18 Å². The lowest BCUT2D eigenvalue weighted by Gasteiger charge is -2.16. The number of carbonyl (C=O) groups is 1. The summed E-state index contributed by atoms with van der Waals surface area (Å²) >= 11 is 0. The smallest absolute Gasteiger partial charge is 0.389 e. The summed E-state index contributed by atoms with van der Waals surface area (Å²) in [6, 6.07) is 10.8. The van der Waals surface area contributed by atoms with Crippen LogP contribution in [0.15, 0.2) is 42.7 Å². The normalized spacial score (nSPS) is 11.7. The summed E-state index contributed by atoms with van der Waals surface area (Å²) in [5, 5.41) is 7.17. The minimum Gasteiger partial charge on any atom is -0.496 e. The number of rotatable bonds is 7. The third kappa shape index (κ3) is 4.55. The molecule has 0 saturated carbocycles. The minimum atomic E-state index is -4.43. The molecule has 33 heavy (non-hydrogen) atoms. The van der Waals surface area contributed by atoms with Crippen molar-refractivity contribution in [2.45, 2.75) is 25.9 Å². The zero-order valence-corrected chi connectivity index (χ0v) is 18.2. The summed E-state index contributed by atoms with van der Waals surface area (Å²) in [7, 11) is 2.70. The first-order valence-corrected chi connectivity index (χ1v) is 10.1. The van der Waals surface area contributed by atoms with Crippen molar-refractivity contribution < 1.29 is 27.4 Å². The van der Waals surface area contributed by atoms with Gasteiger partial charge in [-0.2, -0.15) is 18.3 Å². The SMILES string of the molecule is COc1cc(-n2cnc3cc(-c4cc(C)[nH]n4)ccc32)cc(OC)c1C(=O)CCC(F)(F)F. The van der Waals surface area contributed by atoms with Crippen LogP contribution in [0.2, 0.25) is 0 Å². The van der Waals surface area contributed by atoms with Crippen LogP contribution < -0.4 is 9.47 Å². The number of methoxy groups -OCH3 is 2. The first-order valence-electron chi connectivity index (χ1n) is 10.1. The molecule has 4 rings (SSSR count). The molecule has 0 radical (unpaired) electrons. The zero-order chi connectivity index (χ0) is 23.8. The van der Waals surface area contributed by atoms with E-state index in [1.807, 2.05) is 31.2 Å². The molecule has 0 aliphatic rings. The third-order valence-corrected chi connectivity index (χ3v) is 5.23. The molecule has 0 aliphatic heterocycles. The number of aromatic nitrogens is 4. The number of H-pyrrole nitrogens is 1. The van der Waals surface area contributed by atoms with Crippen LogP contribution in [0, 0.1) is 6.92 Å². The molecule has 10 heteroatoms. The summed E-state index contributed by atoms with van der Waals surface area (Å²) in [6.45, 7) is 1.92. The van der Waals surface area contributed by atoms with E-state index in [4.69, 9.17) is 9.47 Å². The highest BCUT2D eigenvalue weighted by Crippen LogP contribution is 2.36. The predicted octanol–water partition coefficient (Wildman–Crippen LogP) is 5.27. The molecule has 0 amide bonds. The summed E-state index contributed by atoms with van der Waals surface area (Å²) < 4.78 is 50.3. The van der Waals surface area contributed by atoms with E-state index in [0.717, 1.165) is 28.0 Å². The third-order valence-electron chi connectivity index (χ3n) is 5.23. The number of alkyl halides is 3. The molecule has 0 aliphatic carbocycles. The maximum Gasteiger partial charge on any atom is 0.389 e. The number of nitrogens with one attached hydrogen (secondary N) is 1. The number of ketones is 1. The van der Waals surface area contributed by atoms with Crippen LogP contribution in [-0.4, -0.2) is 45.9 Å². The highest BCUT2D eigenvalue weighted by Gasteiger charge is 2.30. The van der Waals surface area contributed by atoms with Gasteiger partial charge < -0.3 is 9.47 Å². The summed E-state index contributed by atoms with van der Waals surface area (Å²) in [5.74, 6) is -0.453. The lowest BCUT2D eigenvalue weighted by atomic mass is 10.0. The molecular weight excluding hydrogens is 437 g/mol. The molecule has 0 unspecified atom stereocenters. The molecule has 172 valence electrons. The standard InChI is InChI=1S/C23H21F3N4O3/c1-13-8-16(29-28-13)14-4-5-18-17(9-14)27-12-30(18)15-10-20(32-2)22(21(11-15)33-3)19(31)6-7-23(24,25)26/h4-5,8-12H,6-7H2,1-3H3,(H,28,29). The molecule has 2 aromatic carbocycles. The van der Waals surface area contributed by atoms with E-state index in [0.29, 0.717) is 5.69 Å². The van der Waals surface area contributed by atoms with E-state index in [1.54, 1.807) is 23.0 Å². The van der Waals surface area contributed by atoms with Crippen LogP contribution in [-0.2, 0) is 0 Å². The van der Waals surface area contributed by atoms with Crippen molar-refractivity contribution in [3.63, 3.8) is 0 Å². The van der Waals surface area contributed by atoms with Crippen molar-refractivity contribution in [2.24, 2.45) is 0 Å². The Bertz CT molecular complexity index is 1300. The maximum atomic E-state index is 12.6. The lowest BCUT2D eigenvalue weighted by molar-refractivity contribution is -0.133. The number of Topliss-reactive ketones (excluding diaryl/α,β-unsaturated/α-hetero) is 1. The Hall–Kier alpha value is -3.82. The molecule has 1 N–H and O–H groups in total. The lowest BCUT2D eigenvalue weighted by Crippen LogP contribution is -2.13. The number of halogens is 3. The number of hydrogen-bond acceptors (Lipinski definition) is 5. The van der Waals surface area contributed by atoms with Crippen molar-refractivity contribution in [2.75, 3.05) is 14.2 Å². The highest BCUT2D eigenvalue weighted by molar-refractivity contribution is 6.02. The number of aryl methyl sites for hydroxylation is 1. The molecule has 4 aromatic rings.